The van der Waals surface area contributed by atoms with Gasteiger partial charge in [-0.25, -0.2) is 23.4 Å². The molecule has 3 heterocycles. The molecule has 3 N–H and O–H groups in total. The Bertz CT molecular complexity index is 1340. The van der Waals surface area contributed by atoms with Crippen molar-refractivity contribution in [2.24, 2.45) is 0 Å². The summed E-state index contributed by atoms with van der Waals surface area (Å²) in [5.41, 5.74) is 2.77. The molecule has 0 radical (unpaired) electrons. The van der Waals surface area contributed by atoms with Crippen molar-refractivity contribution in [1.29, 1.82) is 0 Å². The van der Waals surface area contributed by atoms with Gasteiger partial charge in [-0.1, -0.05) is 19.9 Å². The maximum Gasteiger partial charge on any atom is 0.259 e. The second-order valence-electron chi connectivity index (χ2n) is 8.71. The zero-order valence-corrected chi connectivity index (χ0v) is 20.3. The zero-order chi connectivity index (χ0) is 24.5. The number of hydrogen-bond acceptors (Lipinski definition) is 8. The third-order valence-electron chi connectivity index (χ3n) is 5.62. The summed E-state index contributed by atoms with van der Waals surface area (Å²) in [6, 6.07) is 10.5. The van der Waals surface area contributed by atoms with Crippen LogP contribution in [0.1, 0.15) is 35.5 Å². The maximum atomic E-state index is 13.1. The Labute approximate surface area is 198 Å². The Hall–Kier alpha value is -3.73. The Morgan fingerprint density at radius 2 is 1.94 bits per heavy atom. The fourth-order valence-corrected chi connectivity index (χ4v) is 5.00. The number of pyridine rings is 1. The van der Waals surface area contributed by atoms with Crippen LogP contribution in [-0.4, -0.2) is 49.1 Å². The highest BCUT2D eigenvalue weighted by Crippen LogP contribution is 2.43. The van der Waals surface area contributed by atoms with E-state index in [1.807, 2.05) is 19.9 Å². The van der Waals surface area contributed by atoms with Crippen molar-refractivity contribution < 1.29 is 13.2 Å². The molecule has 1 aromatic carbocycles. The lowest BCUT2D eigenvalue weighted by Gasteiger charge is -2.20. The van der Waals surface area contributed by atoms with Crippen molar-refractivity contribution in [2.75, 3.05) is 40.1 Å². The topological polar surface area (TPSA) is 129 Å². The van der Waals surface area contributed by atoms with Gasteiger partial charge in [0.2, 0.25) is 16.0 Å². The van der Waals surface area contributed by atoms with E-state index in [2.05, 4.69) is 30.9 Å². The van der Waals surface area contributed by atoms with Crippen molar-refractivity contribution in [2.45, 2.75) is 25.8 Å². The van der Waals surface area contributed by atoms with Crippen LogP contribution in [0.2, 0.25) is 0 Å². The second kappa shape index (κ2) is 8.90. The van der Waals surface area contributed by atoms with Crippen LogP contribution in [0.15, 0.2) is 48.8 Å². The summed E-state index contributed by atoms with van der Waals surface area (Å²) in [6.07, 6.45) is 4.44. The molecule has 0 fully saturated rings. The van der Waals surface area contributed by atoms with Gasteiger partial charge in [0.1, 0.15) is 5.82 Å². The minimum absolute atomic E-state index is 0.324. The van der Waals surface area contributed by atoms with Crippen LogP contribution in [0.3, 0.4) is 0 Å². The van der Waals surface area contributed by atoms with E-state index in [1.54, 1.807) is 49.8 Å². The number of amides is 1. The molecular weight excluding hydrogens is 454 g/mol. The largest absolute Gasteiger partial charge is 0.364 e. The number of nitrogens with zero attached hydrogens (tertiary/aromatic N) is 4. The molecule has 1 aliphatic heterocycles. The van der Waals surface area contributed by atoms with Crippen LogP contribution in [-0.2, 0) is 22.0 Å². The first-order valence-electron chi connectivity index (χ1n) is 10.7. The van der Waals surface area contributed by atoms with Crippen molar-refractivity contribution in [3.63, 3.8) is 0 Å². The summed E-state index contributed by atoms with van der Waals surface area (Å²) in [4.78, 5) is 25.8. The van der Waals surface area contributed by atoms with E-state index in [9.17, 15) is 13.2 Å². The van der Waals surface area contributed by atoms with Crippen molar-refractivity contribution in [3.05, 3.63) is 65.6 Å². The molecule has 2 aromatic heterocycles. The molecule has 34 heavy (non-hydrogen) atoms. The molecule has 0 aliphatic carbocycles. The molecule has 1 amide bonds. The third-order valence-corrected chi connectivity index (χ3v) is 6.75. The summed E-state index contributed by atoms with van der Waals surface area (Å²) >= 11 is 0. The van der Waals surface area contributed by atoms with Gasteiger partial charge in [0.25, 0.3) is 5.91 Å². The molecule has 0 saturated carbocycles. The van der Waals surface area contributed by atoms with Gasteiger partial charge in [-0.15, -0.1) is 0 Å². The zero-order valence-electron chi connectivity index (χ0n) is 19.5. The normalized spacial score (nSPS) is 14.4. The molecule has 0 bridgehead atoms. The molecule has 0 saturated heterocycles. The van der Waals surface area contributed by atoms with Gasteiger partial charge in [-0.3, -0.25) is 9.10 Å². The smallest absolute Gasteiger partial charge is 0.259 e. The van der Waals surface area contributed by atoms with Gasteiger partial charge >= 0.3 is 0 Å². The van der Waals surface area contributed by atoms with E-state index in [0.29, 0.717) is 41.8 Å². The standard InChI is InChI=1S/C23H27N7O3S/c1-23(2)14-30(34(4,32)33)19-12-15(7-8-18(19)23)28-21(31)17-6-5-10-25-20(17)27-13-16-9-11-26-22(24-3)29-16/h5-12H,13-14H2,1-4H3,(H,25,27)(H,28,31)(H,24,26,29). The lowest BCUT2D eigenvalue weighted by Crippen LogP contribution is -2.33. The van der Waals surface area contributed by atoms with Crippen molar-refractivity contribution in [3.8, 4) is 0 Å². The number of carbonyl (C=O) groups is 1. The average Bonchev–Trinajstić information content (AvgIpc) is 3.08. The predicted octanol–water partition coefficient (Wildman–Crippen LogP) is 2.83. The van der Waals surface area contributed by atoms with E-state index in [4.69, 9.17) is 0 Å². The monoisotopic (exact) mass is 481 g/mol. The van der Waals surface area contributed by atoms with Crippen LogP contribution < -0.4 is 20.3 Å². The first kappa shape index (κ1) is 23.4. The fraction of sp³-hybridized carbons (Fsp3) is 0.304. The van der Waals surface area contributed by atoms with Crippen molar-refractivity contribution in [1.82, 2.24) is 15.0 Å². The molecular formula is C23H27N7O3S. The Morgan fingerprint density at radius 1 is 1.15 bits per heavy atom. The Morgan fingerprint density at radius 3 is 2.68 bits per heavy atom. The summed E-state index contributed by atoms with van der Waals surface area (Å²) in [6.45, 7) is 4.71. The Kier molecular flexibility index (Phi) is 6.13. The van der Waals surface area contributed by atoms with Crippen LogP contribution >= 0.6 is 0 Å². The highest BCUT2D eigenvalue weighted by molar-refractivity contribution is 7.92. The van der Waals surface area contributed by atoms with Crippen molar-refractivity contribution >= 4 is 39.1 Å². The highest BCUT2D eigenvalue weighted by Gasteiger charge is 2.39. The number of rotatable bonds is 7. The van der Waals surface area contributed by atoms with Gasteiger partial charge in [0.05, 0.1) is 29.7 Å². The molecule has 1 aliphatic rings. The number of carbonyl (C=O) groups excluding carboxylic acids is 1. The number of aromatic nitrogens is 3. The minimum atomic E-state index is -3.44. The number of hydrogen-bond donors (Lipinski definition) is 3. The molecule has 11 heteroatoms. The second-order valence-corrected chi connectivity index (χ2v) is 10.6. The highest BCUT2D eigenvalue weighted by atomic mass is 32.2. The summed E-state index contributed by atoms with van der Waals surface area (Å²) < 4.78 is 26.0. The van der Waals surface area contributed by atoms with Gasteiger partial charge < -0.3 is 16.0 Å². The van der Waals surface area contributed by atoms with Gasteiger partial charge in [0.15, 0.2) is 0 Å². The number of anilines is 4. The number of sulfonamides is 1. The van der Waals surface area contributed by atoms with E-state index in [0.717, 1.165) is 11.3 Å². The summed E-state index contributed by atoms with van der Waals surface area (Å²) in [5, 5.41) is 8.90. The van der Waals surface area contributed by atoms with E-state index < -0.39 is 10.0 Å². The predicted molar refractivity (Wildman–Crippen MR) is 133 cm³/mol. The first-order valence-corrected chi connectivity index (χ1v) is 12.6. The van der Waals surface area contributed by atoms with E-state index >= 15 is 0 Å². The number of benzene rings is 1. The number of nitrogens with one attached hydrogen (secondary N) is 3. The lowest BCUT2D eigenvalue weighted by molar-refractivity contribution is 0.102. The molecule has 0 atom stereocenters. The minimum Gasteiger partial charge on any atom is -0.364 e. The SMILES string of the molecule is CNc1nccc(CNc2ncccc2C(=O)Nc2ccc3c(c2)N(S(C)(=O)=O)CC3(C)C)n1. The van der Waals surface area contributed by atoms with Crippen LogP contribution in [0.5, 0.6) is 0 Å². The van der Waals surface area contributed by atoms with E-state index in [1.165, 1.54) is 10.6 Å². The van der Waals surface area contributed by atoms with Gasteiger partial charge in [-0.05, 0) is 35.9 Å². The van der Waals surface area contributed by atoms with Crippen LogP contribution in [0.25, 0.3) is 0 Å². The molecule has 3 aromatic rings. The van der Waals surface area contributed by atoms with Crippen LogP contribution in [0.4, 0.5) is 23.1 Å². The molecule has 178 valence electrons. The average molecular weight is 482 g/mol. The fourth-order valence-electron chi connectivity index (χ4n) is 3.93. The summed E-state index contributed by atoms with van der Waals surface area (Å²) in [7, 11) is -1.71. The molecule has 4 rings (SSSR count). The molecule has 0 unspecified atom stereocenters. The number of fused-ring (bicyclic) bond motifs is 1. The lowest BCUT2D eigenvalue weighted by atomic mass is 9.87. The van der Waals surface area contributed by atoms with Crippen LogP contribution in [0, 0.1) is 0 Å². The third kappa shape index (κ3) is 4.79. The molecule has 0 spiro atoms. The molecule has 10 nitrogen and oxygen atoms in total. The summed E-state index contributed by atoms with van der Waals surface area (Å²) in [5.74, 6) is 0.545. The first-order chi connectivity index (χ1) is 16.1. The Balaban J connectivity index is 1.55. The van der Waals surface area contributed by atoms with Gasteiger partial charge in [-0.2, -0.15) is 0 Å². The van der Waals surface area contributed by atoms with Gasteiger partial charge in [0, 0.05) is 37.1 Å². The quantitative estimate of drug-likeness (QED) is 0.470. The van der Waals surface area contributed by atoms with E-state index in [-0.39, 0.29) is 11.3 Å². The maximum absolute atomic E-state index is 13.1.